The first kappa shape index (κ1) is 20.6. The normalized spacial score (nSPS) is 14.1. The largest absolute Gasteiger partial charge is 0.347 e. The van der Waals surface area contributed by atoms with Crippen LogP contribution in [0.2, 0.25) is 0 Å². The number of aromatic nitrogens is 4. The van der Waals surface area contributed by atoms with Crippen molar-refractivity contribution in [1.29, 1.82) is 0 Å². The standard InChI is InChI=1S/C24H22N6O3/c31-21(23(33)26-16-10-11-16)19(12-15-6-2-1-3-7-15)27-22(32)20-13-25-14-30(20)24-28-17-8-4-5-9-18(17)29-24/h1-9,13-14,16,19H,10-12H2,(H,26,33)(H,27,32)(H,28,29). The molecule has 1 fully saturated rings. The molecule has 9 nitrogen and oxygen atoms in total. The molecule has 9 heteroatoms. The Balaban J connectivity index is 1.39. The number of nitrogens with one attached hydrogen (secondary N) is 3. The van der Waals surface area contributed by atoms with Gasteiger partial charge in [0.1, 0.15) is 18.1 Å². The van der Waals surface area contributed by atoms with Crippen molar-refractivity contribution in [1.82, 2.24) is 30.2 Å². The van der Waals surface area contributed by atoms with Crippen molar-refractivity contribution in [2.75, 3.05) is 0 Å². The molecule has 1 unspecified atom stereocenters. The van der Waals surface area contributed by atoms with E-state index in [0.717, 1.165) is 29.4 Å². The van der Waals surface area contributed by atoms with Crippen molar-refractivity contribution in [2.24, 2.45) is 0 Å². The van der Waals surface area contributed by atoms with Crippen molar-refractivity contribution in [2.45, 2.75) is 31.3 Å². The molecule has 2 aromatic carbocycles. The first-order chi connectivity index (χ1) is 16.1. The van der Waals surface area contributed by atoms with E-state index in [2.05, 4.69) is 25.6 Å². The summed E-state index contributed by atoms with van der Waals surface area (Å²) in [5.74, 6) is -1.45. The molecule has 0 bridgehead atoms. The van der Waals surface area contributed by atoms with Gasteiger partial charge in [0, 0.05) is 12.5 Å². The number of hydrogen-bond donors (Lipinski definition) is 3. The van der Waals surface area contributed by atoms with Gasteiger partial charge in [0.05, 0.1) is 17.2 Å². The van der Waals surface area contributed by atoms with Gasteiger partial charge in [-0.05, 0) is 30.5 Å². The number of nitrogens with zero attached hydrogens (tertiary/aromatic N) is 3. The highest BCUT2D eigenvalue weighted by molar-refractivity contribution is 6.38. The number of rotatable bonds is 8. The number of carbonyl (C=O) groups is 3. The Kier molecular flexibility index (Phi) is 5.43. The molecule has 0 aliphatic heterocycles. The van der Waals surface area contributed by atoms with E-state index < -0.39 is 23.6 Å². The van der Waals surface area contributed by atoms with Crippen LogP contribution in [0.15, 0.2) is 67.1 Å². The predicted octanol–water partition coefficient (Wildman–Crippen LogP) is 1.94. The quantitative estimate of drug-likeness (QED) is 0.360. The molecule has 1 aliphatic carbocycles. The fraction of sp³-hybridized carbons (Fsp3) is 0.208. The number of benzene rings is 2. The second kappa shape index (κ2) is 8.70. The maximum atomic E-state index is 13.2. The molecule has 1 saturated carbocycles. The highest BCUT2D eigenvalue weighted by Gasteiger charge is 2.32. The Hall–Kier alpha value is -4.27. The Bertz CT molecular complexity index is 1290. The third kappa shape index (κ3) is 4.52. The van der Waals surface area contributed by atoms with Gasteiger partial charge in [0.15, 0.2) is 0 Å². The number of ketones is 1. The van der Waals surface area contributed by atoms with Crippen LogP contribution in [0.4, 0.5) is 0 Å². The van der Waals surface area contributed by atoms with Crippen LogP contribution in [0.3, 0.4) is 0 Å². The van der Waals surface area contributed by atoms with Gasteiger partial charge >= 0.3 is 0 Å². The van der Waals surface area contributed by atoms with Gasteiger partial charge in [-0.1, -0.05) is 42.5 Å². The molecule has 2 heterocycles. The summed E-state index contributed by atoms with van der Waals surface area (Å²) in [6.07, 6.45) is 4.80. The number of imidazole rings is 2. The zero-order chi connectivity index (χ0) is 22.8. The predicted molar refractivity (Wildman–Crippen MR) is 121 cm³/mol. The third-order valence-corrected chi connectivity index (χ3v) is 5.52. The summed E-state index contributed by atoms with van der Waals surface area (Å²) in [7, 11) is 0. The van der Waals surface area contributed by atoms with Crippen LogP contribution >= 0.6 is 0 Å². The van der Waals surface area contributed by atoms with E-state index in [-0.39, 0.29) is 18.2 Å². The topological polar surface area (TPSA) is 122 Å². The smallest absolute Gasteiger partial charge is 0.289 e. The van der Waals surface area contributed by atoms with Crippen LogP contribution in [0.5, 0.6) is 0 Å². The molecule has 3 N–H and O–H groups in total. The number of H-pyrrole nitrogens is 1. The zero-order valence-corrected chi connectivity index (χ0v) is 17.7. The van der Waals surface area contributed by atoms with Crippen molar-refractivity contribution in [3.8, 4) is 5.95 Å². The molecule has 5 rings (SSSR count). The van der Waals surface area contributed by atoms with Gasteiger partial charge in [-0.15, -0.1) is 0 Å². The number of hydrogen-bond acceptors (Lipinski definition) is 5. The Morgan fingerprint density at radius 3 is 2.58 bits per heavy atom. The van der Waals surface area contributed by atoms with E-state index in [4.69, 9.17) is 0 Å². The van der Waals surface area contributed by atoms with Crippen LogP contribution in [0.1, 0.15) is 28.9 Å². The summed E-state index contributed by atoms with van der Waals surface area (Å²) >= 11 is 0. The van der Waals surface area contributed by atoms with E-state index in [9.17, 15) is 14.4 Å². The Morgan fingerprint density at radius 2 is 1.82 bits per heavy atom. The molecule has 4 aromatic rings. The lowest BCUT2D eigenvalue weighted by Gasteiger charge is -2.18. The highest BCUT2D eigenvalue weighted by atomic mass is 16.2. The average Bonchev–Trinajstić information content (AvgIpc) is 3.33. The molecule has 2 amide bonds. The molecule has 0 saturated heterocycles. The van der Waals surface area contributed by atoms with Gasteiger partial charge in [0.25, 0.3) is 11.8 Å². The third-order valence-electron chi connectivity index (χ3n) is 5.52. The van der Waals surface area contributed by atoms with Gasteiger partial charge in [-0.25, -0.2) is 9.97 Å². The lowest BCUT2D eigenvalue weighted by atomic mass is 10.0. The number of carbonyl (C=O) groups excluding carboxylic acids is 3. The second-order valence-electron chi connectivity index (χ2n) is 8.05. The van der Waals surface area contributed by atoms with Crippen LogP contribution in [-0.4, -0.2) is 49.2 Å². The van der Waals surface area contributed by atoms with Crippen LogP contribution in [0.25, 0.3) is 17.0 Å². The molecular weight excluding hydrogens is 420 g/mol. The van der Waals surface area contributed by atoms with Gasteiger partial charge in [-0.2, -0.15) is 0 Å². The summed E-state index contributed by atoms with van der Waals surface area (Å²) in [5.41, 5.74) is 2.60. The summed E-state index contributed by atoms with van der Waals surface area (Å²) in [6.45, 7) is 0. The van der Waals surface area contributed by atoms with Gasteiger partial charge in [0.2, 0.25) is 11.7 Å². The van der Waals surface area contributed by atoms with Gasteiger partial charge in [-0.3, -0.25) is 19.0 Å². The van der Waals surface area contributed by atoms with E-state index in [1.165, 1.54) is 17.1 Å². The Labute approximate surface area is 189 Å². The summed E-state index contributed by atoms with van der Waals surface area (Å²) in [4.78, 5) is 50.3. The molecule has 33 heavy (non-hydrogen) atoms. The van der Waals surface area contributed by atoms with Crippen molar-refractivity contribution >= 4 is 28.6 Å². The molecule has 0 radical (unpaired) electrons. The Morgan fingerprint density at radius 1 is 1.06 bits per heavy atom. The number of Topliss-reactive ketones (excluding diaryl/α,β-unsaturated/α-hetero) is 1. The molecular formula is C24H22N6O3. The second-order valence-corrected chi connectivity index (χ2v) is 8.05. The van der Waals surface area contributed by atoms with Crippen LogP contribution in [-0.2, 0) is 16.0 Å². The maximum absolute atomic E-state index is 13.2. The monoisotopic (exact) mass is 442 g/mol. The zero-order valence-electron chi connectivity index (χ0n) is 17.7. The lowest BCUT2D eigenvalue weighted by Crippen LogP contribution is -2.49. The summed E-state index contributed by atoms with van der Waals surface area (Å²) in [6, 6.07) is 15.8. The average molecular weight is 442 g/mol. The number of aromatic amines is 1. The number of amides is 2. The molecule has 166 valence electrons. The minimum Gasteiger partial charge on any atom is -0.347 e. The molecule has 0 spiro atoms. The van der Waals surface area contributed by atoms with Gasteiger partial charge < -0.3 is 15.6 Å². The summed E-state index contributed by atoms with van der Waals surface area (Å²) < 4.78 is 1.52. The van der Waals surface area contributed by atoms with E-state index >= 15 is 0 Å². The fourth-order valence-electron chi connectivity index (χ4n) is 3.62. The number of para-hydroxylation sites is 2. The first-order valence-electron chi connectivity index (χ1n) is 10.8. The van der Waals surface area contributed by atoms with Crippen LogP contribution in [0, 0.1) is 0 Å². The lowest BCUT2D eigenvalue weighted by molar-refractivity contribution is -0.139. The van der Waals surface area contributed by atoms with Crippen LogP contribution < -0.4 is 10.6 Å². The fourth-order valence-corrected chi connectivity index (χ4v) is 3.62. The first-order valence-corrected chi connectivity index (χ1v) is 10.8. The molecule has 1 aliphatic rings. The maximum Gasteiger partial charge on any atom is 0.289 e. The molecule has 1 atom stereocenters. The highest BCUT2D eigenvalue weighted by Crippen LogP contribution is 2.19. The van der Waals surface area contributed by atoms with E-state index in [0.29, 0.717) is 5.95 Å². The van der Waals surface area contributed by atoms with Crippen molar-refractivity contribution in [3.05, 3.63) is 78.4 Å². The number of fused-ring (bicyclic) bond motifs is 1. The van der Waals surface area contributed by atoms with Crippen molar-refractivity contribution in [3.63, 3.8) is 0 Å². The SMILES string of the molecule is O=C(NC1CC1)C(=O)C(Cc1ccccc1)NC(=O)c1cncn1-c1nc2ccccc2[nH]1. The van der Waals surface area contributed by atoms with E-state index in [1.54, 1.807) is 0 Å². The molecule has 2 aromatic heterocycles. The van der Waals surface area contributed by atoms with E-state index in [1.807, 2.05) is 54.6 Å². The summed E-state index contributed by atoms with van der Waals surface area (Å²) in [5, 5.41) is 5.44. The van der Waals surface area contributed by atoms with Crippen molar-refractivity contribution < 1.29 is 14.4 Å². The minimum atomic E-state index is -1.02. The minimum absolute atomic E-state index is 0.0454.